The summed E-state index contributed by atoms with van der Waals surface area (Å²) in [6, 6.07) is 7.91. The van der Waals surface area contributed by atoms with Crippen LogP contribution in [0.1, 0.15) is 17.7 Å². The second-order valence-electron chi connectivity index (χ2n) is 2.82. The SMILES string of the molecule is C=C[C@H](SC(C)=O)c1ccc(Br)cc1. The monoisotopic (exact) mass is 270 g/mol. The third-order valence-corrected chi connectivity index (χ3v) is 3.28. The van der Waals surface area contributed by atoms with Crippen molar-refractivity contribution in [2.75, 3.05) is 0 Å². The smallest absolute Gasteiger partial charge is 0.186 e. The van der Waals surface area contributed by atoms with E-state index in [1.165, 1.54) is 11.8 Å². The lowest BCUT2D eigenvalue weighted by atomic mass is 10.1. The molecule has 1 nitrogen and oxygen atoms in total. The zero-order valence-electron chi connectivity index (χ0n) is 7.87. The molecule has 0 saturated carbocycles. The van der Waals surface area contributed by atoms with E-state index in [1.807, 2.05) is 24.3 Å². The molecule has 0 saturated heterocycles. The van der Waals surface area contributed by atoms with Crippen LogP contribution in [-0.2, 0) is 4.79 Å². The van der Waals surface area contributed by atoms with Gasteiger partial charge in [-0.05, 0) is 17.7 Å². The van der Waals surface area contributed by atoms with Crippen LogP contribution in [0.5, 0.6) is 0 Å². The van der Waals surface area contributed by atoms with E-state index in [2.05, 4.69) is 22.5 Å². The molecule has 0 radical (unpaired) electrons. The molecule has 0 aliphatic heterocycles. The topological polar surface area (TPSA) is 17.1 Å². The second-order valence-corrected chi connectivity index (χ2v) is 5.05. The van der Waals surface area contributed by atoms with Gasteiger partial charge in [-0.15, -0.1) is 6.58 Å². The summed E-state index contributed by atoms with van der Waals surface area (Å²) in [5.41, 5.74) is 1.10. The number of thioether (sulfide) groups is 1. The van der Waals surface area contributed by atoms with Crippen molar-refractivity contribution in [3.63, 3.8) is 0 Å². The van der Waals surface area contributed by atoms with Crippen LogP contribution in [0.25, 0.3) is 0 Å². The molecule has 1 atom stereocenters. The van der Waals surface area contributed by atoms with Crippen molar-refractivity contribution < 1.29 is 4.79 Å². The largest absolute Gasteiger partial charge is 0.288 e. The molecule has 0 amide bonds. The summed E-state index contributed by atoms with van der Waals surface area (Å²) in [6.07, 6.45) is 1.79. The van der Waals surface area contributed by atoms with Crippen molar-refractivity contribution in [2.24, 2.45) is 0 Å². The Hall–Kier alpha value is -0.540. The standard InChI is InChI=1S/C11H11BrOS/c1-3-11(14-8(2)13)9-4-6-10(12)7-5-9/h3-7,11H,1H2,2H3/t11-/m0/s1. The summed E-state index contributed by atoms with van der Waals surface area (Å²) in [6.45, 7) is 5.30. The Morgan fingerprint density at radius 2 is 2.07 bits per heavy atom. The van der Waals surface area contributed by atoms with Crippen LogP contribution < -0.4 is 0 Å². The van der Waals surface area contributed by atoms with Crippen molar-refractivity contribution in [1.82, 2.24) is 0 Å². The summed E-state index contributed by atoms with van der Waals surface area (Å²) in [4.78, 5) is 11.0. The maximum absolute atomic E-state index is 11.0. The number of carbonyl (C=O) groups is 1. The minimum Gasteiger partial charge on any atom is -0.288 e. The number of rotatable bonds is 3. The van der Waals surface area contributed by atoms with Crippen molar-refractivity contribution in [3.8, 4) is 0 Å². The van der Waals surface area contributed by atoms with E-state index < -0.39 is 0 Å². The van der Waals surface area contributed by atoms with E-state index in [4.69, 9.17) is 0 Å². The van der Waals surface area contributed by atoms with Gasteiger partial charge in [-0.25, -0.2) is 0 Å². The fraction of sp³-hybridized carbons (Fsp3) is 0.182. The Morgan fingerprint density at radius 1 is 1.50 bits per heavy atom. The molecule has 3 heteroatoms. The van der Waals surface area contributed by atoms with E-state index in [0.29, 0.717) is 0 Å². The average Bonchev–Trinajstić information content (AvgIpc) is 2.15. The number of hydrogen-bond donors (Lipinski definition) is 0. The van der Waals surface area contributed by atoms with E-state index >= 15 is 0 Å². The lowest BCUT2D eigenvalue weighted by Gasteiger charge is -2.09. The molecule has 1 rings (SSSR count). The summed E-state index contributed by atoms with van der Waals surface area (Å²) >= 11 is 4.65. The summed E-state index contributed by atoms with van der Waals surface area (Å²) in [7, 11) is 0. The van der Waals surface area contributed by atoms with Gasteiger partial charge in [0.1, 0.15) is 0 Å². The number of benzene rings is 1. The van der Waals surface area contributed by atoms with Crippen molar-refractivity contribution in [2.45, 2.75) is 12.2 Å². The third-order valence-electron chi connectivity index (χ3n) is 1.71. The molecule has 74 valence electrons. The fourth-order valence-corrected chi connectivity index (χ4v) is 2.09. The van der Waals surface area contributed by atoms with Crippen LogP contribution in [0.15, 0.2) is 41.4 Å². The first-order valence-corrected chi connectivity index (χ1v) is 5.86. The van der Waals surface area contributed by atoms with Crippen LogP contribution in [0, 0.1) is 0 Å². The molecule has 0 N–H and O–H groups in total. The van der Waals surface area contributed by atoms with Gasteiger partial charge >= 0.3 is 0 Å². The molecule has 0 bridgehead atoms. The van der Waals surface area contributed by atoms with Crippen molar-refractivity contribution in [1.29, 1.82) is 0 Å². The highest BCUT2D eigenvalue weighted by Crippen LogP contribution is 2.30. The minimum atomic E-state index is 0.0561. The maximum Gasteiger partial charge on any atom is 0.186 e. The molecule has 0 aromatic heterocycles. The number of hydrogen-bond acceptors (Lipinski definition) is 2. The summed E-state index contributed by atoms with van der Waals surface area (Å²) in [5, 5.41) is 0.165. The Labute approximate surface area is 96.7 Å². The van der Waals surface area contributed by atoms with E-state index in [0.717, 1.165) is 10.0 Å². The first-order valence-electron chi connectivity index (χ1n) is 4.18. The zero-order valence-corrected chi connectivity index (χ0v) is 10.3. The number of carbonyl (C=O) groups excluding carboxylic acids is 1. The van der Waals surface area contributed by atoms with Crippen LogP contribution in [0.2, 0.25) is 0 Å². The van der Waals surface area contributed by atoms with E-state index in [1.54, 1.807) is 13.0 Å². The van der Waals surface area contributed by atoms with Crippen LogP contribution >= 0.6 is 27.7 Å². The fourth-order valence-electron chi connectivity index (χ4n) is 1.08. The van der Waals surface area contributed by atoms with Gasteiger partial charge in [0.15, 0.2) is 5.12 Å². The number of halogens is 1. The van der Waals surface area contributed by atoms with Crippen molar-refractivity contribution in [3.05, 3.63) is 47.0 Å². The van der Waals surface area contributed by atoms with Crippen LogP contribution in [-0.4, -0.2) is 5.12 Å². The highest BCUT2D eigenvalue weighted by Gasteiger charge is 2.09. The first-order chi connectivity index (χ1) is 6.63. The molecule has 0 spiro atoms. The van der Waals surface area contributed by atoms with Gasteiger partial charge in [0.25, 0.3) is 0 Å². The lowest BCUT2D eigenvalue weighted by molar-refractivity contribution is -0.109. The zero-order chi connectivity index (χ0) is 10.6. The molecule has 0 aliphatic carbocycles. The molecule has 0 heterocycles. The quantitative estimate of drug-likeness (QED) is 0.774. The molecular weight excluding hydrogens is 260 g/mol. The normalized spacial score (nSPS) is 12.1. The molecular formula is C11H11BrOS. The summed E-state index contributed by atoms with van der Waals surface area (Å²) < 4.78 is 1.04. The molecule has 0 unspecified atom stereocenters. The van der Waals surface area contributed by atoms with Gasteiger partial charge < -0.3 is 0 Å². The highest BCUT2D eigenvalue weighted by molar-refractivity contribution is 9.10. The Bertz CT molecular complexity index is 332. The van der Waals surface area contributed by atoms with Gasteiger partial charge in [-0.1, -0.05) is 45.9 Å². The van der Waals surface area contributed by atoms with E-state index in [9.17, 15) is 4.79 Å². The van der Waals surface area contributed by atoms with E-state index in [-0.39, 0.29) is 10.4 Å². The maximum atomic E-state index is 11.0. The van der Waals surface area contributed by atoms with Crippen molar-refractivity contribution >= 4 is 32.8 Å². The summed E-state index contributed by atoms with van der Waals surface area (Å²) in [5.74, 6) is 0. The van der Waals surface area contributed by atoms with Crippen LogP contribution in [0.3, 0.4) is 0 Å². The molecule has 1 aromatic carbocycles. The molecule has 1 aromatic rings. The minimum absolute atomic E-state index is 0.0561. The van der Waals surface area contributed by atoms with Gasteiger partial charge in [-0.2, -0.15) is 0 Å². The average molecular weight is 271 g/mol. The predicted molar refractivity (Wildman–Crippen MR) is 65.4 cm³/mol. The third kappa shape index (κ3) is 3.31. The lowest BCUT2D eigenvalue weighted by Crippen LogP contribution is -1.93. The Morgan fingerprint density at radius 3 is 2.50 bits per heavy atom. The Kier molecular flexibility index (Phi) is 4.42. The van der Waals surface area contributed by atoms with Gasteiger partial charge in [0.2, 0.25) is 0 Å². The van der Waals surface area contributed by atoms with Gasteiger partial charge in [-0.3, -0.25) is 4.79 Å². The predicted octanol–water partition coefficient (Wildman–Crippen LogP) is 3.96. The molecule has 14 heavy (non-hydrogen) atoms. The second kappa shape index (κ2) is 5.37. The molecule has 0 aliphatic rings. The molecule has 0 fully saturated rings. The van der Waals surface area contributed by atoms with Gasteiger partial charge in [0, 0.05) is 11.4 Å². The highest BCUT2D eigenvalue weighted by atomic mass is 79.9. The van der Waals surface area contributed by atoms with Crippen LogP contribution in [0.4, 0.5) is 0 Å². The Balaban J connectivity index is 2.84. The first kappa shape index (κ1) is 11.5. The van der Waals surface area contributed by atoms with Gasteiger partial charge in [0.05, 0.1) is 5.25 Å².